The summed E-state index contributed by atoms with van der Waals surface area (Å²) in [5, 5.41) is 0. The lowest BCUT2D eigenvalue weighted by molar-refractivity contribution is 0.0600. The summed E-state index contributed by atoms with van der Waals surface area (Å²) in [6.45, 7) is 4.52. The minimum atomic E-state index is -0.291. The normalized spacial score (nSPS) is 20.9. The highest BCUT2D eigenvalue weighted by Crippen LogP contribution is 2.14. The number of carbonyl (C=O) groups excluding carboxylic acids is 1. The van der Waals surface area contributed by atoms with Crippen LogP contribution in [-0.2, 0) is 11.3 Å². The Morgan fingerprint density at radius 1 is 1.45 bits per heavy atom. The molecule has 1 aliphatic heterocycles. The molecule has 1 saturated heterocycles. The molecule has 2 N–H and O–H groups in total. The molecule has 0 aromatic heterocycles. The Hall–Kier alpha value is -1.43. The summed E-state index contributed by atoms with van der Waals surface area (Å²) in [5.74, 6) is -0.291. The number of rotatable bonds is 4. The molecule has 110 valence electrons. The number of piperazine rings is 1. The van der Waals surface area contributed by atoms with Gasteiger partial charge in [0, 0.05) is 38.8 Å². The monoisotopic (exact) mass is 277 g/mol. The molecule has 1 heterocycles. The van der Waals surface area contributed by atoms with Crippen molar-refractivity contribution in [3.05, 3.63) is 35.4 Å². The average Bonchev–Trinajstić information content (AvgIpc) is 2.48. The highest BCUT2D eigenvalue weighted by Gasteiger charge is 2.24. The van der Waals surface area contributed by atoms with E-state index in [4.69, 9.17) is 10.5 Å². The summed E-state index contributed by atoms with van der Waals surface area (Å²) >= 11 is 0. The zero-order chi connectivity index (χ0) is 14.5. The third-order valence-corrected chi connectivity index (χ3v) is 3.81. The van der Waals surface area contributed by atoms with Gasteiger partial charge in [-0.1, -0.05) is 12.1 Å². The summed E-state index contributed by atoms with van der Waals surface area (Å²) in [6, 6.07) is 7.99. The lowest BCUT2D eigenvalue weighted by Crippen LogP contribution is -2.54. The largest absolute Gasteiger partial charge is 0.465 e. The van der Waals surface area contributed by atoms with Crippen molar-refractivity contribution in [1.29, 1.82) is 0 Å². The van der Waals surface area contributed by atoms with Crippen LogP contribution in [0.25, 0.3) is 0 Å². The smallest absolute Gasteiger partial charge is 0.337 e. The van der Waals surface area contributed by atoms with E-state index in [9.17, 15) is 4.79 Å². The Balaban J connectivity index is 2.07. The van der Waals surface area contributed by atoms with Crippen LogP contribution in [0.3, 0.4) is 0 Å². The van der Waals surface area contributed by atoms with Gasteiger partial charge in [-0.05, 0) is 24.7 Å². The van der Waals surface area contributed by atoms with E-state index in [-0.39, 0.29) is 5.97 Å². The van der Waals surface area contributed by atoms with Crippen LogP contribution in [-0.4, -0.2) is 62.1 Å². The molecule has 0 radical (unpaired) electrons. The van der Waals surface area contributed by atoms with Crippen molar-refractivity contribution in [1.82, 2.24) is 9.80 Å². The van der Waals surface area contributed by atoms with E-state index in [1.165, 1.54) is 7.11 Å². The first-order valence-electron chi connectivity index (χ1n) is 6.94. The topological polar surface area (TPSA) is 58.8 Å². The number of carbonyl (C=O) groups is 1. The Morgan fingerprint density at radius 3 is 2.95 bits per heavy atom. The first-order valence-corrected chi connectivity index (χ1v) is 6.94. The maximum atomic E-state index is 11.6. The molecular formula is C15H23N3O2. The Kier molecular flexibility index (Phi) is 5.11. The summed E-state index contributed by atoms with van der Waals surface area (Å²) in [4.78, 5) is 16.2. The van der Waals surface area contributed by atoms with Crippen LogP contribution in [0.5, 0.6) is 0 Å². The van der Waals surface area contributed by atoms with E-state index in [0.29, 0.717) is 18.2 Å². The fraction of sp³-hybridized carbons (Fsp3) is 0.533. The number of benzene rings is 1. The second kappa shape index (κ2) is 6.83. The third-order valence-electron chi connectivity index (χ3n) is 3.81. The first-order chi connectivity index (χ1) is 9.63. The van der Waals surface area contributed by atoms with Gasteiger partial charge < -0.3 is 15.4 Å². The van der Waals surface area contributed by atoms with Gasteiger partial charge in [0.1, 0.15) is 0 Å². The Bertz CT molecular complexity index is 464. The number of hydrogen-bond donors (Lipinski definition) is 1. The average molecular weight is 277 g/mol. The highest BCUT2D eigenvalue weighted by molar-refractivity contribution is 5.89. The van der Waals surface area contributed by atoms with Gasteiger partial charge in [-0.2, -0.15) is 0 Å². The van der Waals surface area contributed by atoms with Crippen LogP contribution >= 0.6 is 0 Å². The number of methoxy groups -OCH3 is 1. The van der Waals surface area contributed by atoms with Gasteiger partial charge in [-0.15, -0.1) is 0 Å². The van der Waals surface area contributed by atoms with Crippen molar-refractivity contribution in [2.45, 2.75) is 12.6 Å². The zero-order valence-corrected chi connectivity index (χ0v) is 12.2. The van der Waals surface area contributed by atoms with E-state index < -0.39 is 0 Å². The number of ether oxygens (including phenoxy) is 1. The third kappa shape index (κ3) is 3.56. The van der Waals surface area contributed by atoms with Gasteiger partial charge in [-0.3, -0.25) is 4.90 Å². The van der Waals surface area contributed by atoms with E-state index >= 15 is 0 Å². The van der Waals surface area contributed by atoms with Crippen molar-refractivity contribution >= 4 is 5.97 Å². The van der Waals surface area contributed by atoms with Gasteiger partial charge >= 0.3 is 5.97 Å². The first kappa shape index (κ1) is 15.0. The van der Waals surface area contributed by atoms with Crippen LogP contribution in [0.4, 0.5) is 0 Å². The molecule has 20 heavy (non-hydrogen) atoms. The number of esters is 1. The van der Waals surface area contributed by atoms with Crippen LogP contribution in [0.1, 0.15) is 15.9 Å². The quantitative estimate of drug-likeness (QED) is 0.814. The molecule has 1 aromatic carbocycles. The summed E-state index contributed by atoms with van der Waals surface area (Å²) in [5.41, 5.74) is 7.59. The Labute approximate surface area is 120 Å². The van der Waals surface area contributed by atoms with E-state index in [1.54, 1.807) is 6.07 Å². The zero-order valence-electron chi connectivity index (χ0n) is 12.2. The summed E-state index contributed by atoms with van der Waals surface area (Å²) in [7, 11) is 3.53. The van der Waals surface area contributed by atoms with Crippen molar-refractivity contribution in [2.75, 3.05) is 40.3 Å². The fourth-order valence-electron chi connectivity index (χ4n) is 2.63. The number of likely N-dealkylation sites (N-methyl/N-ethyl adjacent to an activating group) is 1. The molecule has 5 heteroatoms. The molecule has 5 nitrogen and oxygen atoms in total. The summed E-state index contributed by atoms with van der Waals surface area (Å²) in [6.07, 6.45) is 0. The van der Waals surface area contributed by atoms with Gasteiger partial charge in [0.2, 0.25) is 0 Å². The highest BCUT2D eigenvalue weighted by atomic mass is 16.5. The van der Waals surface area contributed by atoms with E-state index in [0.717, 1.165) is 31.7 Å². The molecule has 0 saturated carbocycles. The fourth-order valence-corrected chi connectivity index (χ4v) is 2.63. The van der Waals surface area contributed by atoms with E-state index in [2.05, 4.69) is 16.8 Å². The standard InChI is InChI=1S/C15H23N3O2/c1-17-6-7-18(14(9-16)11-17)10-12-4-3-5-13(8-12)15(19)20-2/h3-5,8,14H,6-7,9-11,16H2,1-2H3. The van der Waals surface area contributed by atoms with Crippen molar-refractivity contribution in [2.24, 2.45) is 5.73 Å². The van der Waals surface area contributed by atoms with Gasteiger partial charge in [0.15, 0.2) is 0 Å². The number of nitrogens with zero attached hydrogens (tertiary/aromatic N) is 2. The second-order valence-corrected chi connectivity index (χ2v) is 5.31. The van der Waals surface area contributed by atoms with Crippen molar-refractivity contribution in [3.8, 4) is 0 Å². The molecule has 2 rings (SSSR count). The number of nitrogens with two attached hydrogens (primary N) is 1. The lowest BCUT2D eigenvalue weighted by atomic mass is 10.1. The predicted molar refractivity (Wildman–Crippen MR) is 78.5 cm³/mol. The Morgan fingerprint density at radius 2 is 2.25 bits per heavy atom. The maximum Gasteiger partial charge on any atom is 0.337 e. The lowest BCUT2D eigenvalue weighted by Gasteiger charge is -2.39. The summed E-state index contributed by atoms with van der Waals surface area (Å²) < 4.78 is 4.76. The molecule has 1 aliphatic rings. The van der Waals surface area contributed by atoms with Crippen LogP contribution in [0, 0.1) is 0 Å². The van der Waals surface area contributed by atoms with Crippen molar-refractivity contribution < 1.29 is 9.53 Å². The van der Waals surface area contributed by atoms with Crippen LogP contribution in [0.15, 0.2) is 24.3 Å². The maximum absolute atomic E-state index is 11.6. The van der Waals surface area contributed by atoms with Crippen LogP contribution < -0.4 is 5.73 Å². The van der Waals surface area contributed by atoms with Crippen molar-refractivity contribution in [3.63, 3.8) is 0 Å². The predicted octanol–water partition coefficient (Wildman–Crippen LogP) is 0.548. The van der Waals surface area contributed by atoms with Gasteiger partial charge in [0.05, 0.1) is 12.7 Å². The molecule has 1 unspecified atom stereocenters. The molecule has 0 amide bonds. The molecule has 1 fully saturated rings. The molecule has 0 spiro atoms. The van der Waals surface area contributed by atoms with Gasteiger partial charge in [0.25, 0.3) is 0 Å². The van der Waals surface area contributed by atoms with Gasteiger partial charge in [-0.25, -0.2) is 4.79 Å². The number of hydrogen-bond acceptors (Lipinski definition) is 5. The molecule has 1 aromatic rings. The molecule has 1 atom stereocenters. The molecular weight excluding hydrogens is 254 g/mol. The molecule has 0 aliphatic carbocycles. The minimum absolute atomic E-state index is 0.291. The van der Waals surface area contributed by atoms with E-state index in [1.807, 2.05) is 18.2 Å². The SMILES string of the molecule is COC(=O)c1cccc(CN2CCN(C)CC2CN)c1. The minimum Gasteiger partial charge on any atom is -0.465 e. The second-order valence-electron chi connectivity index (χ2n) is 5.31. The molecule has 0 bridgehead atoms. The van der Waals surface area contributed by atoms with Crippen LogP contribution in [0.2, 0.25) is 0 Å².